The summed E-state index contributed by atoms with van der Waals surface area (Å²) in [6, 6.07) is 14.6. The van der Waals surface area contributed by atoms with Gasteiger partial charge in [0.15, 0.2) is 0 Å². The molecule has 0 spiro atoms. The van der Waals surface area contributed by atoms with Crippen molar-refractivity contribution in [3.05, 3.63) is 53.6 Å². The van der Waals surface area contributed by atoms with Crippen molar-refractivity contribution in [1.29, 1.82) is 0 Å². The van der Waals surface area contributed by atoms with Crippen molar-refractivity contribution in [1.82, 2.24) is 0 Å². The minimum atomic E-state index is -0.137. The molecule has 2 N–H and O–H groups in total. The molecule has 0 radical (unpaired) electrons. The van der Waals surface area contributed by atoms with E-state index in [0.29, 0.717) is 17.3 Å². The Labute approximate surface area is 135 Å². The Balaban J connectivity index is 1.85. The molecule has 0 aliphatic rings. The number of ether oxygens (including phenoxy) is 1. The molecule has 4 nitrogen and oxygen atoms in total. The van der Waals surface area contributed by atoms with Crippen molar-refractivity contribution >= 4 is 28.9 Å². The van der Waals surface area contributed by atoms with Crippen molar-refractivity contribution in [2.75, 3.05) is 23.8 Å². The van der Waals surface area contributed by atoms with E-state index >= 15 is 0 Å². The van der Waals surface area contributed by atoms with E-state index in [1.54, 1.807) is 24.3 Å². The Morgan fingerprint density at radius 3 is 2.68 bits per heavy atom. The van der Waals surface area contributed by atoms with Crippen molar-refractivity contribution in [3.8, 4) is 5.75 Å². The number of halogens is 1. The number of hydrogen-bond donors (Lipinski definition) is 2. The second-order valence-electron chi connectivity index (χ2n) is 4.79. The molecule has 22 heavy (non-hydrogen) atoms. The van der Waals surface area contributed by atoms with Gasteiger partial charge in [-0.1, -0.05) is 30.7 Å². The average Bonchev–Trinajstić information content (AvgIpc) is 2.51. The highest BCUT2D eigenvalue weighted by Crippen LogP contribution is 2.18. The zero-order valence-corrected chi connectivity index (χ0v) is 13.2. The second kappa shape index (κ2) is 8.29. The van der Waals surface area contributed by atoms with Crippen molar-refractivity contribution < 1.29 is 9.53 Å². The predicted molar refractivity (Wildman–Crippen MR) is 90.8 cm³/mol. The number of rotatable bonds is 7. The van der Waals surface area contributed by atoms with Gasteiger partial charge in [-0.15, -0.1) is 0 Å². The molecule has 0 aliphatic carbocycles. The van der Waals surface area contributed by atoms with Gasteiger partial charge < -0.3 is 15.4 Å². The molecule has 2 aromatic rings. The third-order valence-corrected chi connectivity index (χ3v) is 3.10. The van der Waals surface area contributed by atoms with Crippen LogP contribution in [0.5, 0.6) is 5.75 Å². The van der Waals surface area contributed by atoms with Gasteiger partial charge in [0.25, 0.3) is 0 Å². The fourth-order valence-corrected chi connectivity index (χ4v) is 2.06. The molecule has 0 atom stereocenters. The smallest absolute Gasteiger partial charge is 0.243 e. The van der Waals surface area contributed by atoms with Gasteiger partial charge in [-0.05, 0) is 36.8 Å². The molecule has 0 aliphatic heterocycles. The lowest BCUT2D eigenvalue weighted by Crippen LogP contribution is -2.21. The Bertz CT molecular complexity index is 632. The summed E-state index contributed by atoms with van der Waals surface area (Å²) in [6.07, 6.45) is 0.958. The highest BCUT2D eigenvalue weighted by molar-refractivity contribution is 6.30. The van der Waals surface area contributed by atoms with Gasteiger partial charge in [0, 0.05) is 22.5 Å². The number of amides is 1. The van der Waals surface area contributed by atoms with Crippen LogP contribution in [0.15, 0.2) is 48.5 Å². The summed E-state index contributed by atoms with van der Waals surface area (Å²) in [6.45, 7) is 2.91. The van der Waals surface area contributed by atoms with Crippen LogP contribution >= 0.6 is 11.6 Å². The van der Waals surface area contributed by atoms with Gasteiger partial charge in [-0.25, -0.2) is 0 Å². The third-order valence-electron chi connectivity index (χ3n) is 2.87. The second-order valence-corrected chi connectivity index (χ2v) is 5.22. The largest absolute Gasteiger partial charge is 0.494 e. The molecule has 2 aromatic carbocycles. The molecule has 2 rings (SSSR count). The maximum absolute atomic E-state index is 11.9. The number of nitrogens with one attached hydrogen (secondary N) is 2. The lowest BCUT2D eigenvalue weighted by Gasteiger charge is -2.10. The van der Waals surface area contributed by atoms with E-state index < -0.39 is 0 Å². The number of anilines is 2. The first-order valence-corrected chi connectivity index (χ1v) is 7.57. The van der Waals surface area contributed by atoms with Crippen LogP contribution in [-0.4, -0.2) is 19.1 Å². The van der Waals surface area contributed by atoms with E-state index in [-0.39, 0.29) is 12.5 Å². The van der Waals surface area contributed by atoms with E-state index in [2.05, 4.69) is 17.6 Å². The average molecular weight is 319 g/mol. The first kappa shape index (κ1) is 16.2. The van der Waals surface area contributed by atoms with Gasteiger partial charge in [-0.3, -0.25) is 4.79 Å². The quantitative estimate of drug-likeness (QED) is 0.805. The lowest BCUT2D eigenvalue weighted by molar-refractivity contribution is -0.114. The molecule has 0 saturated carbocycles. The lowest BCUT2D eigenvalue weighted by atomic mass is 10.3. The Morgan fingerprint density at radius 1 is 1.14 bits per heavy atom. The minimum Gasteiger partial charge on any atom is -0.494 e. The highest BCUT2D eigenvalue weighted by Gasteiger charge is 2.03. The van der Waals surface area contributed by atoms with Crippen LogP contribution in [0.25, 0.3) is 0 Å². The van der Waals surface area contributed by atoms with E-state index in [0.717, 1.165) is 17.9 Å². The van der Waals surface area contributed by atoms with Crippen LogP contribution < -0.4 is 15.4 Å². The minimum absolute atomic E-state index is 0.137. The third kappa shape index (κ3) is 5.30. The van der Waals surface area contributed by atoms with Crippen molar-refractivity contribution in [2.24, 2.45) is 0 Å². The summed E-state index contributed by atoms with van der Waals surface area (Å²) < 4.78 is 5.56. The first-order valence-electron chi connectivity index (χ1n) is 7.19. The van der Waals surface area contributed by atoms with Crippen LogP contribution in [0.3, 0.4) is 0 Å². The highest BCUT2D eigenvalue weighted by atomic mass is 35.5. The van der Waals surface area contributed by atoms with Crippen LogP contribution in [0.1, 0.15) is 13.3 Å². The van der Waals surface area contributed by atoms with E-state index in [1.807, 2.05) is 24.3 Å². The summed E-state index contributed by atoms with van der Waals surface area (Å²) in [4.78, 5) is 11.9. The summed E-state index contributed by atoms with van der Waals surface area (Å²) in [5.41, 5.74) is 1.52. The van der Waals surface area contributed by atoms with Crippen LogP contribution in [-0.2, 0) is 4.79 Å². The topological polar surface area (TPSA) is 50.4 Å². The van der Waals surface area contributed by atoms with E-state index in [1.165, 1.54) is 0 Å². The molecule has 116 valence electrons. The van der Waals surface area contributed by atoms with Crippen LogP contribution in [0.4, 0.5) is 11.4 Å². The molecule has 0 fully saturated rings. The van der Waals surface area contributed by atoms with Crippen LogP contribution in [0.2, 0.25) is 5.02 Å². The van der Waals surface area contributed by atoms with E-state index in [4.69, 9.17) is 16.3 Å². The zero-order valence-electron chi connectivity index (χ0n) is 12.4. The van der Waals surface area contributed by atoms with Gasteiger partial charge in [-0.2, -0.15) is 0 Å². The molecular formula is C17H19ClN2O2. The SMILES string of the molecule is CCCOc1cccc(NCC(=O)Nc2cccc(Cl)c2)c1. The van der Waals surface area contributed by atoms with Crippen molar-refractivity contribution in [2.45, 2.75) is 13.3 Å². The molecule has 5 heteroatoms. The summed E-state index contributed by atoms with van der Waals surface area (Å²) in [5, 5.41) is 6.45. The Kier molecular flexibility index (Phi) is 6.10. The molecule has 0 bridgehead atoms. The van der Waals surface area contributed by atoms with Gasteiger partial charge in [0.05, 0.1) is 13.2 Å². The molecule has 0 aromatic heterocycles. The Hall–Kier alpha value is -2.20. The summed E-state index contributed by atoms with van der Waals surface area (Å²) in [7, 11) is 0. The van der Waals surface area contributed by atoms with Gasteiger partial charge >= 0.3 is 0 Å². The Morgan fingerprint density at radius 2 is 1.91 bits per heavy atom. The molecular weight excluding hydrogens is 300 g/mol. The van der Waals surface area contributed by atoms with E-state index in [9.17, 15) is 4.79 Å². The fraction of sp³-hybridized carbons (Fsp3) is 0.235. The number of hydrogen-bond acceptors (Lipinski definition) is 3. The van der Waals surface area contributed by atoms with Crippen molar-refractivity contribution in [3.63, 3.8) is 0 Å². The monoisotopic (exact) mass is 318 g/mol. The molecule has 0 saturated heterocycles. The fourth-order valence-electron chi connectivity index (χ4n) is 1.87. The molecule has 1 amide bonds. The number of carbonyl (C=O) groups is 1. The zero-order chi connectivity index (χ0) is 15.8. The first-order chi connectivity index (χ1) is 10.7. The molecule has 0 unspecified atom stereocenters. The van der Waals surface area contributed by atoms with Gasteiger partial charge in [0.2, 0.25) is 5.91 Å². The normalized spacial score (nSPS) is 10.1. The number of benzene rings is 2. The maximum Gasteiger partial charge on any atom is 0.243 e. The summed E-state index contributed by atoms with van der Waals surface area (Å²) >= 11 is 5.88. The molecule has 0 heterocycles. The maximum atomic E-state index is 11.9. The van der Waals surface area contributed by atoms with Crippen LogP contribution in [0, 0.1) is 0 Å². The number of carbonyl (C=O) groups excluding carboxylic acids is 1. The standard InChI is InChI=1S/C17H19ClN2O2/c1-2-9-22-16-8-4-6-14(11-16)19-12-17(21)20-15-7-3-5-13(18)10-15/h3-8,10-11,19H,2,9,12H2,1H3,(H,20,21). The summed E-state index contributed by atoms with van der Waals surface area (Å²) in [5.74, 6) is 0.657. The van der Waals surface area contributed by atoms with Gasteiger partial charge in [0.1, 0.15) is 5.75 Å². The predicted octanol–water partition coefficient (Wildman–Crippen LogP) is 4.18.